The molecule has 1 aliphatic rings. The zero-order valence-electron chi connectivity index (χ0n) is 14.6. The van der Waals surface area contributed by atoms with Gasteiger partial charge < -0.3 is 4.90 Å². The minimum Gasteiger partial charge on any atom is -0.354 e. The van der Waals surface area contributed by atoms with Crippen molar-refractivity contribution in [1.29, 1.82) is 0 Å². The minimum atomic E-state index is -0.252. The molecule has 3 aromatic heterocycles. The second-order valence-corrected chi connectivity index (χ2v) is 6.17. The Kier molecular flexibility index (Phi) is 4.22. The molecule has 11 nitrogen and oxygen atoms in total. The number of aromatic amines is 1. The maximum absolute atomic E-state index is 12.6. The minimum absolute atomic E-state index is 0.252. The number of nitrogens with zero attached hydrogens (tertiary/aromatic N) is 9. The molecule has 0 aromatic carbocycles. The maximum Gasteiger partial charge on any atom is 0.298 e. The molecule has 11 heteroatoms. The summed E-state index contributed by atoms with van der Waals surface area (Å²) in [5.41, 5.74) is 0.125. The van der Waals surface area contributed by atoms with E-state index in [2.05, 4.69) is 40.3 Å². The summed E-state index contributed by atoms with van der Waals surface area (Å²) in [5, 5.41) is 14.9. The summed E-state index contributed by atoms with van der Waals surface area (Å²) in [6.07, 6.45) is 6.19. The van der Waals surface area contributed by atoms with E-state index < -0.39 is 0 Å². The van der Waals surface area contributed by atoms with Gasteiger partial charge in [0.1, 0.15) is 12.1 Å². The maximum atomic E-state index is 12.6. The monoisotopic (exact) mass is 356 g/mol. The molecule has 1 fully saturated rings. The van der Waals surface area contributed by atoms with Gasteiger partial charge >= 0.3 is 0 Å². The Morgan fingerprint density at radius 1 is 1.12 bits per heavy atom. The van der Waals surface area contributed by atoms with E-state index >= 15 is 0 Å². The molecule has 136 valence electrons. The van der Waals surface area contributed by atoms with Gasteiger partial charge in [-0.3, -0.25) is 9.89 Å². The molecule has 26 heavy (non-hydrogen) atoms. The number of hydrazine groups is 1. The van der Waals surface area contributed by atoms with Gasteiger partial charge in [0.25, 0.3) is 5.56 Å². The highest BCUT2D eigenvalue weighted by Crippen LogP contribution is 2.15. The number of hydrogen-bond acceptors (Lipinski definition) is 8. The average Bonchev–Trinajstić information content (AvgIpc) is 3.31. The normalized spacial score (nSPS) is 15.7. The third-order valence-corrected chi connectivity index (χ3v) is 4.43. The predicted octanol–water partition coefficient (Wildman–Crippen LogP) is -0.865. The van der Waals surface area contributed by atoms with Crippen LogP contribution in [0, 0.1) is 0 Å². The topological polar surface area (TPSA) is 104 Å². The van der Waals surface area contributed by atoms with Gasteiger partial charge in [-0.1, -0.05) is 5.21 Å². The Hall–Kier alpha value is -3.05. The molecule has 0 amide bonds. The van der Waals surface area contributed by atoms with Crippen LogP contribution in [0.15, 0.2) is 35.8 Å². The van der Waals surface area contributed by atoms with Crippen molar-refractivity contribution in [2.75, 3.05) is 45.2 Å². The van der Waals surface area contributed by atoms with Crippen LogP contribution in [0.2, 0.25) is 0 Å². The van der Waals surface area contributed by atoms with E-state index in [0.29, 0.717) is 11.5 Å². The van der Waals surface area contributed by atoms with Crippen molar-refractivity contribution >= 4 is 5.82 Å². The van der Waals surface area contributed by atoms with Crippen molar-refractivity contribution in [2.24, 2.45) is 0 Å². The van der Waals surface area contributed by atoms with Gasteiger partial charge in [-0.05, 0) is 0 Å². The third-order valence-electron chi connectivity index (χ3n) is 4.43. The van der Waals surface area contributed by atoms with E-state index in [-0.39, 0.29) is 5.56 Å². The predicted molar refractivity (Wildman–Crippen MR) is 94.4 cm³/mol. The van der Waals surface area contributed by atoms with Crippen molar-refractivity contribution in [2.45, 2.75) is 0 Å². The average molecular weight is 356 g/mol. The Morgan fingerprint density at radius 2 is 1.88 bits per heavy atom. The van der Waals surface area contributed by atoms with Crippen LogP contribution in [0.4, 0.5) is 5.82 Å². The molecule has 0 aliphatic carbocycles. The SMILES string of the molecule is CN(C)N1CCN(c2cc(-n3[nH]cc(-n4ccnn4)c3=O)ncn2)CC1. The molecule has 4 rings (SSSR count). The first-order valence-electron chi connectivity index (χ1n) is 8.30. The van der Waals surface area contributed by atoms with Gasteiger partial charge in [-0.25, -0.2) is 24.7 Å². The highest BCUT2D eigenvalue weighted by Gasteiger charge is 2.20. The van der Waals surface area contributed by atoms with Crippen molar-refractivity contribution in [3.8, 4) is 11.5 Å². The third kappa shape index (κ3) is 2.97. The van der Waals surface area contributed by atoms with Crippen molar-refractivity contribution in [1.82, 2.24) is 44.8 Å². The molecule has 1 N–H and O–H groups in total. The number of anilines is 1. The van der Waals surface area contributed by atoms with Gasteiger partial charge in [-0.15, -0.1) is 5.10 Å². The molecule has 0 saturated carbocycles. The number of nitrogens with one attached hydrogen (secondary N) is 1. The van der Waals surface area contributed by atoms with Crippen LogP contribution in [0.3, 0.4) is 0 Å². The molecule has 0 bridgehead atoms. The molecular formula is C15H20N10O. The molecule has 0 unspecified atom stereocenters. The van der Waals surface area contributed by atoms with Crippen molar-refractivity contribution in [3.05, 3.63) is 41.3 Å². The molecule has 1 saturated heterocycles. The summed E-state index contributed by atoms with van der Waals surface area (Å²) in [7, 11) is 4.09. The van der Waals surface area contributed by atoms with Crippen molar-refractivity contribution in [3.63, 3.8) is 0 Å². The highest BCUT2D eigenvalue weighted by molar-refractivity contribution is 5.44. The molecule has 4 heterocycles. The Labute approximate surface area is 149 Å². The fraction of sp³-hybridized carbons (Fsp3) is 0.400. The zero-order chi connectivity index (χ0) is 18.1. The summed E-state index contributed by atoms with van der Waals surface area (Å²) in [6, 6.07) is 1.81. The lowest BCUT2D eigenvalue weighted by Crippen LogP contribution is -2.51. The van der Waals surface area contributed by atoms with Gasteiger partial charge in [0.2, 0.25) is 0 Å². The summed E-state index contributed by atoms with van der Waals surface area (Å²) >= 11 is 0. The van der Waals surface area contributed by atoms with Gasteiger partial charge in [0.15, 0.2) is 11.5 Å². The molecule has 0 atom stereocenters. The van der Waals surface area contributed by atoms with Crippen LogP contribution in [0.25, 0.3) is 11.5 Å². The van der Waals surface area contributed by atoms with Crippen LogP contribution in [-0.2, 0) is 0 Å². The van der Waals surface area contributed by atoms with E-state index in [4.69, 9.17) is 0 Å². The molecule has 1 aliphatic heterocycles. The lowest BCUT2D eigenvalue weighted by Gasteiger charge is -2.38. The van der Waals surface area contributed by atoms with E-state index in [1.54, 1.807) is 12.4 Å². The second-order valence-electron chi connectivity index (χ2n) is 6.17. The van der Waals surface area contributed by atoms with Crippen LogP contribution in [0.5, 0.6) is 0 Å². The van der Waals surface area contributed by atoms with Gasteiger partial charge in [0.05, 0.1) is 18.6 Å². The summed E-state index contributed by atoms with van der Waals surface area (Å²) < 4.78 is 2.79. The largest absolute Gasteiger partial charge is 0.354 e. The lowest BCUT2D eigenvalue weighted by molar-refractivity contribution is 0.0199. The van der Waals surface area contributed by atoms with Crippen LogP contribution in [0.1, 0.15) is 0 Å². The Balaban J connectivity index is 1.58. The smallest absolute Gasteiger partial charge is 0.298 e. The van der Waals surface area contributed by atoms with Gasteiger partial charge in [-0.2, -0.15) is 4.68 Å². The number of aromatic nitrogens is 7. The first kappa shape index (κ1) is 16.4. The molecule has 0 radical (unpaired) electrons. The molecular weight excluding hydrogens is 336 g/mol. The Bertz CT molecular complexity index is 920. The van der Waals surface area contributed by atoms with E-state index in [9.17, 15) is 4.79 Å². The first-order valence-corrected chi connectivity index (χ1v) is 8.30. The van der Waals surface area contributed by atoms with Gasteiger partial charge in [0, 0.05) is 46.3 Å². The standard InChI is InChI=1S/C15H20N10O/c1-21(2)23-7-5-22(6-8-23)13-9-14(17-11-16-13)25-15(26)12(10-19-25)24-4-3-18-20-24/h3-4,9-11,19H,5-8H2,1-2H3. The first-order chi connectivity index (χ1) is 12.6. The number of H-pyrrole nitrogens is 1. The molecule has 3 aromatic rings. The number of rotatable bonds is 4. The number of piperazine rings is 1. The van der Waals surface area contributed by atoms with Crippen LogP contribution >= 0.6 is 0 Å². The van der Waals surface area contributed by atoms with E-state index in [1.165, 1.54) is 21.9 Å². The van der Waals surface area contributed by atoms with Crippen molar-refractivity contribution < 1.29 is 0 Å². The summed E-state index contributed by atoms with van der Waals surface area (Å²) in [4.78, 5) is 23.4. The van der Waals surface area contributed by atoms with Crippen LogP contribution in [-0.4, -0.2) is 85.0 Å². The fourth-order valence-electron chi connectivity index (χ4n) is 2.99. The molecule has 0 spiro atoms. The Morgan fingerprint density at radius 3 is 2.58 bits per heavy atom. The van der Waals surface area contributed by atoms with E-state index in [0.717, 1.165) is 32.0 Å². The quantitative estimate of drug-likeness (QED) is 0.644. The highest BCUT2D eigenvalue weighted by atomic mass is 16.1. The van der Waals surface area contributed by atoms with E-state index in [1.807, 2.05) is 20.2 Å². The lowest BCUT2D eigenvalue weighted by atomic mass is 10.3. The zero-order valence-corrected chi connectivity index (χ0v) is 14.6. The fourth-order valence-corrected chi connectivity index (χ4v) is 2.99. The summed E-state index contributed by atoms with van der Waals surface area (Å²) in [6.45, 7) is 3.56. The summed E-state index contributed by atoms with van der Waals surface area (Å²) in [5.74, 6) is 1.29. The second kappa shape index (κ2) is 6.69. The number of hydrogen-bond donors (Lipinski definition) is 1. The van der Waals surface area contributed by atoms with Crippen LogP contribution < -0.4 is 10.5 Å².